The van der Waals surface area contributed by atoms with Crippen LogP contribution in [0.1, 0.15) is 16.1 Å². The Kier molecular flexibility index (Phi) is 3.54. The van der Waals surface area contributed by atoms with Gasteiger partial charge in [-0.05, 0) is 36.4 Å². The average molecular weight is 346 g/mol. The second kappa shape index (κ2) is 5.89. The summed E-state index contributed by atoms with van der Waals surface area (Å²) in [6.45, 7) is 3.49. The Morgan fingerprint density at radius 3 is 2.65 bits per heavy atom. The zero-order valence-corrected chi connectivity index (χ0v) is 13.6. The van der Waals surface area contributed by atoms with E-state index in [9.17, 15) is 14.7 Å². The summed E-state index contributed by atoms with van der Waals surface area (Å²) >= 11 is 0. The van der Waals surface area contributed by atoms with Crippen LogP contribution in [0.25, 0.3) is 17.0 Å². The molecule has 0 atom stereocenters. The first-order valence-electron chi connectivity index (χ1n) is 7.83. The molecule has 7 nitrogen and oxygen atoms in total. The van der Waals surface area contributed by atoms with E-state index in [0.29, 0.717) is 34.0 Å². The number of carbonyl (C=O) groups excluding carboxylic acids is 2. The summed E-state index contributed by atoms with van der Waals surface area (Å²) in [4.78, 5) is 29.0. The summed E-state index contributed by atoms with van der Waals surface area (Å²) in [5.74, 6) is -0.0605. The molecule has 128 valence electrons. The topological polar surface area (TPSA) is 96.3 Å². The highest BCUT2D eigenvalue weighted by Crippen LogP contribution is 2.40. The molecule has 0 saturated heterocycles. The van der Waals surface area contributed by atoms with Crippen molar-refractivity contribution in [3.63, 3.8) is 0 Å². The van der Waals surface area contributed by atoms with Gasteiger partial charge in [-0.1, -0.05) is 18.7 Å². The van der Waals surface area contributed by atoms with Gasteiger partial charge < -0.3 is 10.4 Å². The van der Waals surface area contributed by atoms with Crippen LogP contribution in [0.4, 0.5) is 16.3 Å². The monoisotopic (exact) mass is 346 g/mol. The van der Waals surface area contributed by atoms with Crippen LogP contribution in [0.15, 0.2) is 61.3 Å². The van der Waals surface area contributed by atoms with Crippen LogP contribution < -0.4 is 10.6 Å². The Balaban J connectivity index is 1.69. The van der Waals surface area contributed by atoms with Crippen LogP contribution in [0.2, 0.25) is 0 Å². The molecule has 0 aliphatic carbocycles. The Hall–Kier alpha value is -3.87. The van der Waals surface area contributed by atoms with Crippen LogP contribution in [0.3, 0.4) is 0 Å². The van der Waals surface area contributed by atoms with Gasteiger partial charge in [0.15, 0.2) is 0 Å². The molecular formula is C19H14N4O3. The number of rotatable bonds is 3. The van der Waals surface area contributed by atoms with Gasteiger partial charge in [0.2, 0.25) is 0 Å². The number of aliphatic hydroxyl groups excluding tert-OH is 1. The molecule has 0 bridgehead atoms. The summed E-state index contributed by atoms with van der Waals surface area (Å²) in [5, 5.41) is 15.1. The molecule has 3 aromatic rings. The third-order valence-electron chi connectivity index (χ3n) is 4.09. The number of benzene rings is 1. The SMILES string of the molecule is C=C(O)c1ccc2n1C(=O)c1cccc(NC(=O)Nc3ccccn3)c1-2. The van der Waals surface area contributed by atoms with Crippen molar-refractivity contribution in [3.8, 4) is 11.3 Å². The lowest BCUT2D eigenvalue weighted by molar-refractivity contribution is 0.0967. The number of hydrogen-bond donors (Lipinski definition) is 3. The Labute approximate surface area is 148 Å². The number of hydrogen-bond acceptors (Lipinski definition) is 4. The van der Waals surface area contributed by atoms with Crippen LogP contribution in [0.5, 0.6) is 0 Å². The number of fused-ring (bicyclic) bond motifs is 3. The second-order valence-electron chi connectivity index (χ2n) is 5.71. The van der Waals surface area contributed by atoms with E-state index in [1.807, 2.05) is 0 Å². The van der Waals surface area contributed by atoms with Gasteiger partial charge in [0.1, 0.15) is 11.6 Å². The molecule has 7 heteroatoms. The molecular weight excluding hydrogens is 332 g/mol. The molecule has 1 aliphatic heterocycles. The summed E-state index contributed by atoms with van der Waals surface area (Å²) < 4.78 is 1.38. The van der Waals surface area contributed by atoms with Crippen molar-refractivity contribution in [2.45, 2.75) is 0 Å². The molecule has 0 radical (unpaired) electrons. The lowest BCUT2D eigenvalue weighted by atomic mass is 10.0. The van der Waals surface area contributed by atoms with Crippen molar-refractivity contribution < 1.29 is 14.7 Å². The summed E-state index contributed by atoms with van der Waals surface area (Å²) in [6, 6.07) is 13.1. The molecule has 0 saturated carbocycles. The van der Waals surface area contributed by atoms with Gasteiger partial charge in [0.25, 0.3) is 5.91 Å². The largest absolute Gasteiger partial charge is 0.506 e. The van der Waals surface area contributed by atoms with E-state index in [1.165, 1.54) is 4.57 Å². The Bertz CT molecular complexity index is 1050. The van der Waals surface area contributed by atoms with Crippen molar-refractivity contribution in [2.75, 3.05) is 10.6 Å². The zero-order chi connectivity index (χ0) is 18.3. The maximum absolute atomic E-state index is 12.7. The molecule has 3 N–H and O–H groups in total. The minimum atomic E-state index is -0.471. The number of carbonyl (C=O) groups is 2. The van der Waals surface area contributed by atoms with Gasteiger partial charge >= 0.3 is 6.03 Å². The minimum absolute atomic E-state index is 0.195. The van der Waals surface area contributed by atoms with E-state index in [0.717, 1.165) is 0 Å². The third-order valence-corrected chi connectivity index (χ3v) is 4.09. The van der Waals surface area contributed by atoms with Gasteiger partial charge in [-0.25, -0.2) is 9.78 Å². The van der Waals surface area contributed by atoms with Crippen LogP contribution in [-0.4, -0.2) is 26.6 Å². The Morgan fingerprint density at radius 1 is 1.08 bits per heavy atom. The Morgan fingerprint density at radius 2 is 1.92 bits per heavy atom. The van der Waals surface area contributed by atoms with Crippen molar-refractivity contribution in [1.82, 2.24) is 9.55 Å². The summed E-state index contributed by atoms with van der Waals surface area (Å²) in [6.07, 6.45) is 1.57. The van der Waals surface area contributed by atoms with Crippen molar-refractivity contribution >= 4 is 29.2 Å². The van der Waals surface area contributed by atoms with E-state index in [-0.39, 0.29) is 11.7 Å². The summed E-state index contributed by atoms with van der Waals surface area (Å²) in [7, 11) is 0. The fourth-order valence-corrected chi connectivity index (χ4v) is 3.01. The van der Waals surface area contributed by atoms with Crippen molar-refractivity contribution in [2.24, 2.45) is 0 Å². The molecule has 1 aromatic carbocycles. The maximum Gasteiger partial charge on any atom is 0.324 e. The zero-order valence-electron chi connectivity index (χ0n) is 13.6. The van der Waals surface area contributed by atoms with E-state index in [4.69, 9.17) is 0 Å². The first-order chi connectivity index (χ1) is 12.6. The number of aliphatic hydroxyl groups is 1. The molecule has 4 rings (SSSR count). The molecule has 1 aliphatic rings. The van der Waals surface area contributed by atoms with E-state index in [2.05, 4.69) is 22.2 Å². The number of anilines is 2. The fraction of sp³-hybridized carbons (Fsp3) is 0. The average Bonchev–Trinajstić information content (AvgIpc) is 3.17. The highest BCUT2D eigenvalue weighted by Gasteiger charge is 2.31. The van der Waals surface area contributed by atoms with Gasteiger partial charge in [-0.3, -0.25) is 14.7 Å². The number of aromatic nitrogens is 2. The van der Waals surface area contributed by atoms with Gasteiger partial charge in [0, 0.05) is 11.8 Å². The first kappa shape index (κ1) is 15.6. The first-order valence-corrected chi connectivity index (χ1v) is 7.83. The van der Waals surface area contributed by atoms with E-state index < -0.39 is 6.03 Å². The number of urea groups is 1. The molecule has 26 heavy (non-hydrogen) atoms. The van der Waals surface area contributed by atoms with Crippen molar-refractivity contribution in [1.29, 1.82) is 0 Å². The molecule has 2 aromatic heterocycles. The number of pyridine rings is 1. The van der Waals surface area contributed by atoms with E-state index in [1.54, 1.807) is 54.7 Å². The third kappa shape index (κ3) is 2.42. The van der Waals surface area contributed by atoms with Crippen LogP contribution >= 0.6 is 0 Å². The van der Waals surface area contributed by atoms with Crippen LogP contribution in [0, 0.1) is 0 Å². The smallest absolute Gasteiger partial charge is 0.324 e. The number of amides is 2. The molecule has 0 fully saturated rings. The van der Waals surface area contributed by atoms with Crippen LogP contribution in [-0.2, 0) is 0 Å². The summed E-state index contributed by atoms with van der Waals surface area (Å²) in [5.41, 5.74) is 2.44. The lowest BCUT2D eigenvalue weighted by Gasteiger charge is -2.10. The van der Waals surface area contributed by atoms with Gasteiger partial charge in [0.05, 0.1) is 22.6 Å². The standard InChI is InChI=1S/C19H14N4O3/c1-11(24)14-8-9-15-17-12(18(25)23(14)15)5-4-6-13(17)21-19(26)22-16-7-2-3-10-20-16/h2-10,24H,1H2,(H2,20,21,22,26). The molecule has 0 unspecified atom stereocenters. The quantitative estimate of drug-likeness (QED) is 0.493. The fourth-order valence-electron chi connectivity index (χ4n) is 3.01. The number of nitrogens with zero attached hydrogens (tertiary/aromatic N) is 2. The predicted molar refractivity (Wildman–Crippen MR) is 98.1 cm³/mol. The van der Waals surface area contributed by atoms with E-state index >= 15 is 0 Å². The number of nitrogens with one attached hydrogen (secondary N) is 2. The molecule has 2 amide bonds. The highest BCUT2D eigenvalue weighted by molar-refractivity contribution is 6.14. The maximum atomic E-state index is 12.7. The second-order valence-corrected chi connectivity index (χ2v) is 5.71. The predicted octanol–water partition coefficient (Wildman–Crippen LogP) is 3.72. The van der Waals surface area contributed by atoms with Gasteiger partial charge in [-0.15, -0.1) is 0 Å². The van der Waals surface area contributed by atoms with Gasteiger partial charge in [-0.2, -0.15) is 0 Å². The minimum Gasteiger partial charge on any atom is -0.506 e. The highest BCUT2D eigenvalue weighted by atomic mass is 16.3. The molecule has 3 heterocycles. The molecule has 0 spiro atoms. The van der Waals surface area contributed by atoms with Crippen molar-refractivity contribution in [3.05, 3.63) is 72.6 Å². The normalized spacial score (nSPS) is 11.6. The lowest BCUT2D eigenvalue weighted by Crippen LogP contribution is -2.20.